The van der Waals surface area contributed by atoms with Crippen molar-refractivity contribution in [1.82, 2.24) is 0 Å². The molecule has 1 rings (SSSR count). The summed E-state index contributed by atoms with van der Waals surface area (Å²) in [6.45, 7) is 0. The number of carboxylic acids is 1. The van der Waals surface area contributed by atoms with Crippen LogP contribution < -0.4 is 0 Å². The van der Waals surface area contributed by atoms with E-state index in [-0.39, 0.29) is 5.02 Å². The maximum absolute atomic E-state index is 13.1. The molecular weight excluding hydrogens is 286 g/mol. The number of hydrogen-bond acceptors (Lipinski definition) is 1. The average molecular weight is 294 g/mol. The Kier molecular flexibility index (Phi) is 4.29. The highest BCUT2D eigenvalue weighted by molar-refractivity contribution is 9.09. The molecule has 0 heterocycles. The summed E-state index contributed by atoms with van der Waals surface area (Å²) < 4.78 is 13.1. The smallest absolute Gasteiger partial charge is 0.328 e. The van der Waals surface area contributed by atoms with E-state index in [2.05, 4.69) is 15.9 Å². The van der Waals surface area contributed by atoms with Gasteiger partial charge in [0.15, 0.2) is 0 Å². The molecule has 0 saturated heterocycles. The van der Waals surface area contributed by atoms with Crippen molar-refractivity contribution in [3.8, 4) is 0 Å². The highest BCUT2D eigenvalue weighted by atomic mass is 79.9. The van der Waals surface area contributed by atoms with E-state index in [1.54, 1.807) is 6.07 Å². The molecule has 0 amide bonds. The summed E-state index contributed by atoms with van der Waals surface area (Å²) in [7, 11) is 0. The number of aliphatic carboxylic acids is 1. The number of carbonyl (C=O) groups is 1. The van der Waals surface area contributed by atoms with Crippen LogP contribution in [-0.2, 0) is 4.79 Å². The Morgan fingerprint density at radius 3 is 2.73 bits per heavy atom. The summed E-state index contributed by atoms with van der Waals surface area (Å²) in [4.78, 5) is 10.5. The second-order valence-electron chi connectivity index (χ2n) is 2.77. The number of benzene rings is 1. The van der Waals surface area contributed by atoms with Crippen LogP contribution in [0.2, 0.25) is 5.02 Å². The zero-order valence-corrected chi connectivity index (χ0v) is 9.85. The maximum Gasteiger partial charge on any atom is 0.328 e. The highest BCUT2D eigenvalue weighted by Gasteiger charge is 2.06. The fourth-order valence-corrected chi connectivity index (χ4v) is 1.65. The van der Waals surface area contributed by atoms with Gasteiger partial charge < -0.3 is 5.11 Å². The molecule has 80 valence electrons. The van der Waals surface area contributed by atoms with Crippen molar-refractivity contribution in [2.45, 2.75) is 0 Å². The third kappa shape index (κ3) is 3.32. The van der Waals surface area contributed by atoms with Crippen molar-refractivity contribution in [3.63, 3.8) is 0 Å². The molecule has 0 radical (unpaired) electrons. The Balaban J connectivity index is 3.14. The number of hydrogen-bond donors (Lipinski definition) is 1. The van der Waals surface area contributed by atoms with Gasteiger partial charge in [0, 0.05) is 11.4 Å². The molecule has 0 aliphatic carbocycles. The highest BCUT2D eigenvalue weighted by Crippen LogP contribution is 2.22. The van der Waals surface area contributed by atoms with E-state index in [4.69, 9.17) is 16.7 Å². The van der Waals surface area contributed by atoms with Crippen molar-refractivity contribution < 1.29 is 14.3 Å². The summed E-state index contributed by atoms with van der Waals surface area (Å²) >= 11 is 8.65. The predicted molar refractivity (Wildman–Crippen MR) is 60.8 cm³/mol. The number of allylic oxidation sites excluding steroid dienone is 1. The summed E-state index contributed by atoms with van der Waals surface area (Å²) in [5.74, 6) is -1.63. The van der Waals surface area contributed by atoms with E-state index in [1.165, 1.54) is 12.1 Å². The van der Waals surface area contributed by atoms with Crippen molar-refractivity contribution in [1.29, 1.82) is 0 Å². The van der Waals surface area contributed by atoms with Crippen LogP contribution >= 0.6 is 27.5 Å². The van der Waals surface area contributed by atoms with Gasteiger partial charge in [0.05, 0.1) is 5.02 Å². The number of rotatable bonds is 3. The molecule has 0 unspecified atom stereocenters. The molecular formula is C10H7BrClFO2. The molecule has 0 fully saturated rings. The predicted octanol–water partition coefficient (Wildman–Crippen LogP) is 3.34. The van der Waals surface area contributed by atoms with Gasteiger partial charge in [-0.15, -0.1) is 0 Å². The van der Waals surface area contributed by atoms with Crippen LogP contribution in [-0.4, -0.2) is 16.4 Å². The van der Waals surface area contributed by atoms with Crippen molar-refractivity contribution >= 4 is 39.1 Å². The number of halogens is 3. The number of alkyl halides is 1. The Morgan fingerprint density at radius 2 is 2.27 bits per heavy atom. The average Bonchev–Trinajstić information content (AvgIpc) is 2.18. The lowest BCUT2D eigenvalue weighted by atomic mass is 10.1. The van der Waals surface area contributed by atoms with Gasteiger partial charge in [0.2, 0.25) is 0 Å². The fourth-order valence-electron chi connectivity index (χ4n) is 1.04. The Morgan fingerprint density at radius 1 is 1.60 bits per heavy atom. The van der Waals surface area contributed by atoms with Gasteiger partial charge in [-0.05, 0) is 23.3 Å². The van der Waals surface area contributed by atoms with E-state index >= 15 is 0 Å². The summed E-state index contributed by atoms with van der Waals surface area (Å²) in [6.07, 6.45) is 1.03. The minimum Gasteiger partial charge on any atom is -0.478 e. The molecule has 0 atom stereocenters. The van der Waals surface area contributed by atoms with Crippen LogP contribution in [0.15, 0.2) is 24.3 Å². The zero-order chi connectivity index (χ0) is 11.4. The molecule has 5 heteroatoms. The molecule has 0 aliphatic heterocycles. The summed E-state index contributed by atoms with van der Waals surface area (Å²) in [5, 5.41) is 8.93. The van der Waals surface area contributed by atoms with Crippen LogP contribution in [0, 0.1) is 5.82 Å². The Hall–Kier alpha value is -0.870. The normalized spacial score (nSPS) is 11.5. The molecule has 1 N–H and O–H groups in total. The standard InChI is InChI=1S/C10H7BrClFO2/c11-5-7(4-10(14)15)6-1-2-8(12)9(13)3-6/h1-4H,5H2,(H,14,15). The lowest BCUT2D eigenvalue weighted by Gasteiger charge is -2.03. The summed E-state index contributed by atoms with van der Waals surface area (Å²) in [5.41, 5.74) is 0.981. The van der Waals surface area contributed by atoms with E-state index in [0.29, 0.717) is 16.5 Å². The van der Waals surface area contributed by atoms with Crippen LogP contribution in [0.5, 0.6) is 0 Å². The Labute approximate surface area is 99.5 Å². The van der Waals surface area contributed by atoms with Gasteiger partial charge in [-0.1, -0.05) is 33.6 Å². The van der Waals surface area contributed by atoms with Gasteiger partial charge in [0.1, 0.15) is 5.82 Å². The quantitative estimate of drug-likeness (QED) is 0.685. The molecule has 2 nitrogen and oxygen atoms in total. The largest absolute Gasteiger partial charge is 0.478 e. The van der Waals surface area contributed by atoms with Gasteiger partial charge in [-0.3, -0.25) is 0 Å². The molecule has 0 spiro atoms. The van der Waals surface area contributed by atoms with Gasteiger partial charge in [0.25, 0.3) is 0 Å². The minimum absolute atomic E-state index is 0.0167. The number of carboxylic acid groups (broad SMARTS) is 1. The van der Waals surface area contributed by atoms with E-state index in [1.807, 2.05) is 0 Å². The lowest BCUT2D eigenvalue weighted by molar-refractivity contribution is -0.131. The lowest BCUT2D eigenvalue weighted by Crippen LogP contribution is -1.94. The van der Waals surface area contributed by atoms with E-state index in [0.717, 1.165) is 6.08 Å². The van der Waals surface area contributed by atoms with Crippen LogP contribution in [0.3, 0.4) is 0 Å². The van der Waals surface area contributed by atoms with Crippen molar-refractivity contribution in [2.75, 3.05) is 5.33 Å². The first-order valence-corrected chi connectivity index (χ1v) is 5.49. The Bertz CT molecular complexity index is 418. The first kappa shape index (κ1) is 12.2. The first-order valence-electron chi connectivity index (χ1n) is 3.99. The monoisotopic (exact) mass is 292 g/mol. The fraction of sp³-hybridized carbons (Fsp3) is 0.100. The van der Waals surface area contributed by atoms with Crippen LogP contribution in [0.4, 0.5) is 4.39 Å². The second kappa shape index (κ2) is 5.28. The second-order valence-corrected chi connectivity index (χ2v) is 3.74. The molecule has 0 aliphatic rings. The molecule has 1 aromatic carbocycles. The third-order valence-electron chi connectivity index (χ3n) is 1.73. The maximum atomic E-state index is 13.1. The molecule has 0 aromatic heterocycles. The first-order chi connectivity index (χ1) is 7.04. The van der Waals surface area contributed by atoms with E-state index < -0.39 is 11.8 Å². The minimum atomic E-state index is -1.07. The van der Waals surface area contributed by atoms with Gasteiger partial charge in [-0.25, -0.2) is 9.18 Å². The zero-order valence-electron chi connectivity index (χ0n) is 7.51. The molecule has 0 bridgehead atoms. The van der Waals surface area contributed by atoms with Crippen molar-refractivity contribution in [2.24, 2.45) is 0 Å². The molecule has 15 heavy (non-hydrogen) atoms. The third-order valence-corrected chi connectivity index (χ3v) is 2.64. The summed E-state index contributed by atoms with van der Waals surface area (Å²) in [6, 6.07) is 4.17. The van der Waals surface area contributed by atoms with Crippen LogP contribution in [0.25, 0.3) is 5.57 Å². The van der Waals surface area contributed by atoms with E-state index in [9.17, 15) is 9.18 Å². The van der Waals surface area contributed by atoms with Crippen molar-refractivity contribution in [3.05, 3.63) is 40.7 Å². The molecule has 0 saturated carbocycles. The van der Waals surface area contributed by atoms with Crippen LogP contribution in [0.1, 0.15) is 5.56 Å². The van der Waals surface area contributed by atoms with Gasteiger partial charge in [-0.2, -0.15) is 0 Å². The molecule has 1 aromatic rings. The SMILES string of the molecule is O=C(O)C=C(CBr)c1ccc(Cl)c(F)c1. The van der Waals surface area contributed by atoms with Gasteiger partial charge >= 0.3 is 5.97 Å². The topological polar surface area (TPSA) is 37.3 Å².